The van der Waals surface area contributed by atoms with Gasteiger partial charge in [0.05, 0.1) is 0 Å². The van der Waals surface area contributed by atoms with Crippen LogP contribution in [0.4, 0.5) is 0 Å². The zero-order chi connectivity index (χ0) is 7.21. The van der Waals surface area contributed by atoms with Crippen molar-refractivity contribution in [1.82, 2.24) is 0 Å². The summed E-state index contributed by atoms with van der Waals surface area (Å²) in [6, 6.07) is 0. The molecule has 0 aromatic rings. The van der Waals surface area contributed by atoms with E-state index in [0.29, 0.717) is 0 Å². The van der Waals surface area contributed by atoms with Crippen molar-refractivity contribution in [3.63, 3.8) is 0 Å². The van der Waals surface area contributed by atoms with E-state index < -0.39 is 24.8 Å². The number of hydrogen-bond acceptors (Lipinski definition) is 6. The first-order valence-corrected chi connectivity index (χ1v) is 4.90. The van der Waals surface area contributed by atoms with Gasteiger partial charge in [0.1, 0.15) is 0 Å². The van der Waals surface area contributed by atoms with Gasteiger partial charge in [0, 0.05) is 26.2 Å². The fourth-order valence-corrected chi connectivity index (χ4v) is 0. The van der Waals surface area contributed by atoms with Gasteiger partial charge in [0.25, 0.3) is 0 Å². The molecule has 0 aromatic heterocycles. The van der Waals surface area contributed by atoms with Crippen LogP contribution >= 0.6 is 0 Å². The molecule has 0 rings (SSSR count). The van der Waals surface area contributed by atoms with Gasteiger partial charge in [-0.3, -0.25) is 0 Å². The Kier molecular flexibility index (Phi) is 16.7. The normalized spacial score (nSPS) is 8.00. The molecule has 0 atom stereocenters. The first kappa shape index (κ1) is 16.6. The standard InChI is InChI=1S/Bi.GeHO2.O4Si/c;2-1-3;1-5(2,3)4/h;1H;/q;-1;-4. The molecule has 0 saturated carbocycles. The van der Waals surface area contributed by atoms with E-state index in [1.54, 1.807) is 0 Å². The molecule has 0 aliphatic heterocycles. The molecule has 0 aliphatic rings. The fraction of sp³-hybridized carbons (Fsp3) is 0. The predicted octanol–water partition coefficient (Wildman–Crippen LogP) is -7.47. The third-order valence-electron chi connectivity index (χ3n) is 0. The van der Waals surface area contributed by atoms with E-state index in [1.165, 1.54) is 0 Å². The van der Waals surface area contributed by atoms with Crippen LogP contribution in [0.15, 0.2) is 0 Å². The molecule has 3 radical (unpaired) electrons. The summed E-state index contributed by atoms with van der Waals surface area (Å²) < 4.78 is 17.1. The summed E-state index contributed by atoms with van der Waals surface area (Å²) >= 11 is -2.19. The summed E-state index contributed by atoms with van der Waals surface area (Å²) in [6.45, 7) is 0. The molecule has 0 aromatic carbocycles. The summed E-state index contributed by atoms with van der Waals surface area (Å²) in [5.41, 5.74) is 0. The minimum atomic E-state index is -5.61. The van der Waals surface area contributed by atoms with E-state index in [0.717, 1.165) is 0 Å². The van der Waals surface area contributed by atoms with Crippen LogP contribution in [0.3, 0.4) is 0 Å². The van der Waals surface area contributed by atoms with Crippen molar-refractivity contribution in [2.24, 2.45) is 0 Å². The van der Waals surface area contributed by atoms with Gasteiger partial charge >= 0.3 is 23.6 Å². The van der Waals surface area contributed by atoms with Gasteiger partial charge in [0.15, 0.2) is 0 Å². The van der Waals surface area contributed by atoms with Crippen LogP contribution in [0.25, 0.3) is 0 Å². The number of rotatable bonds is 0. The van der Waals surface area contributed by atoms with E-state index in [4.69, 9.17) is 27.1 Å². The first-order valence-electron chi connectivity index (χ1n) is 1.29. The predicted molar refractivity (Wildman–Crippen MR) is 19.3 cm³/mol. The Morgan fingerprint density at radius 3 is 1.11 bits per heavy atom. The maximum absolute atomic E-state index is 8.58. The van der Waals surface area contributed by atoms with Crippen LogP contribution in [0.2, 0.25) is 0 Å². The third-order valence-corrected chi connectivity index (χ3v) is 0. The molecule has 9 heavy (non-hydrogen) atoms. The number of hydrogen-bond donors (Lipinski definition) is 0. The molecule has 0 heterocycles. The van der Waals surface area contributed by atoms with E-state index in [2.05, 4.69) is 0 Å². The summed E-state index contributed by atoms with van der Waals surface area (Å²) in [5.74, 6) is 0. The maximum atomic E-state index is 8.58. The van der Waals surface area contributed by atoms with Gasteiger partial charge < -0.3 is 28.2 Å². The van der Waals surface area contributed by atoms with Gasteiger partial charge in [-0.2, -0.15) is 0 Å². The van der Waals surface area contributed by atoms with Gasteiger partial charge in [-0.15, -0.1) is 0 Å². The molecule has 0 aliphatic carbocycles. The molecule has 55 valence electrons. The molecule has 0 saturated heterocycles. The van der Waals surface area contributed by atoms with Gasteiger partial charge in [-0.25, -0.2) is 0 Å². The molecular weight excluding hydrogens is 406 g/mol. The van der Waals surface area contributed by atoms with Crippen molar-refractivity contribution in [1.29, 1.82) is 0 Å². The van der Waals surface area contributed by atoms with Gasteiger partial charge in [-0.1, -0.05) is 0 Å². The van der Waals surface area contributed by atoms with Crippen LogP contribution in [0.1, 0.15) is 0 Å². The van der Waals surface area contributed by atoms with Crippen LogP contribution in [0, 0.1) is 0 Å². The average Bonchev–Trinajstić information content (AvgIpc) is 1.27. The third kappa shape index (κ3) is 389. The van der Waals surface area contributed by atoms with Crippen LogP contribution in [-0.2, 0) is 3.78 Å². The first-order chi connectivity index (χ1) is 3.41. The molecule has 0 bridgehead atoms. The molecule has 0 amide bonds. The second kappa shape index (κ2) is 9.08. The fourth-order valence-electron chi connectivity index (χ4n) is 0. The molecule has 0 spiro atoms. The van der Waals surface area contributed by atoms with Crippen LogP contribution in [0.5, 0.6) is 0 Å². The summed E-state index contributed by atoms with van der Waals surface area (Å²) in [4.78, 5) is 34.3. The van der Waals surface area contributed by atoms with Crippen molar-refractivity contribution in [3.8, 4) is 0 Å². The Hall–Kier alpha value is 1.08. The minimum absolute atomic E-state index is 0. The van der Waals surface area contributed by atoms with E-state index in [9.17, 15) is 0 Å². The Bertz CT molecular complexity index is 52.6. The monoisotopic (exact) mass is 408 g/mol. The molecule has 0 fully saturated rings. The van der Waals surface area contributed by atoms with Gasteiger partial charge in [0.2, 0.25) is 0 Å². The Morgan fingerprint density at radius 1 is 1.11 bits per heavy atom. The van der Waals surface area contributed by atoms with Crippen molar-refractivity contribution in [2.45, 2.75) is 0 Å². The Labute approximate surface area is 77.8 Å². The van der Waals surface area contributed by atoms with Crippen molar-refractivity contribution < 1.29 is 27.1 Å². The van der Waals surface area contributed by atoms with E-state index >= 15 is 0 Å². The van der Waals surface area contributed by atoms with Crippen LogP contribution in [-0.4, -0.2) is 51.0 Å². The summed E-state index contributed by atoms with van der Waals surface area (Å²) in [5, 5.41) is 0. The van der Waals surface area contributed by atoms with Gasteiger partial charge in [-0.05, 0) is 0 Å². The quantitative estimate of drug-likeness (QED) is 0.367. The zero-order valence-corrected chi connectivity index (χ0v) is 10.9. The molecule has 0 N–H and O–H groups in total. The van der Waals surface area contributed by atoms with Crippen molar-refractivity contribution in [2.75, 3.05) is 0 Å². The van der Waals surface area contributed by atoms with Crippen LogP contribution < -0.4 is 23.3 Å². The van der Waals surface area contributed by atoms with Crippen molar-refractivity contribution in [3.05, 3.63) is 0 Å². The second-order valence-corrected chi connectivity index (χ2v) is 2.00. The van der Waals surface area contributed by atoms with Crippen molar-refractivity contribution >= 4 is 51.0 Å². The molecule has 0 unspecified atom stereocenters. The second-order valence-electron chi connectivity index (χ2n) is 0.596. The Morgan fingerprint density at radius 2 is 1.11 bits per heavy atom. The summed E-state index contributed by atoms with van der Waals surface area (Å²) in [7, 11) is -5.61. The van der Waals surface area contributed by atoms with E-state index in [-0.39, 0.29) is 26.2 Å². The zero-order valence-electron chi connectivity index (χ0n) is 3.97. The topological polar surface area (TPSA) is 132 Å². The SMILES string of the molecule is [Bi].[O-][Si]([O-])([O-])[O-].[O]=[GeH][O-]. The molecule has 9 heteroatoms. The van der Waals surface area contributed by atoms with E-state index in [1.807, 2.05) is 0 Å². The summed E-state index contributed by atoms with van der Waals surface area (Å²) in [6.07, 6.45) is 0. The average molecular weight is 407 g/mol. The molecule has 6 nitrogen and oxygen atoms in total. The Balaban J connectivity index is -0.0000000800. The molecular formula is HBiGeO6Si-5.